The number of ether oxygens (including phenoxy) is 1. The lowest BCUT2D eigenvalue weighted by atomic mass is 10.2. The smallest absolute Gasteiger partial charge is 0.251 e. The van der Waals surface area contributed by atoms with Crippen molar-refractivity contribution in [2.75, 3.05) is 0 Å². The molecule has 8 heteroatoms. The molecular formula is C26H22FN3O4. The lowest BCUT2D eigenvalue weighted by Crippen LogP contribution is -2.28. The molecule has 0 spiro atoms. The number of amides is 1. The van der Waals surface area contributed by atoms with Crippen LogP contribution in [0.1, 0.15) is 27.2 Å². The predicted molar refractivity (Wildman–Crippen MR) is 124 cm³/mol. The number of nitrogens with zero attached hydrogens (tertiary/aromatic N) is 2. The Labute approximate surface area is 195 Å². The molecule has 0 aliphatic carbocycles. The second-order valence-corrected chi connectivity index (χ2v) is 7.40. The molecule has 0 radical (unpaired) electrons. The summed E-state index contributed by atoms with van der Waals surface area (Å²) in [6.07, 6.45) is 2.67. The first-order chi connectivity index (χ1) is 16.6. The van der Waals surface area contributed by atoms with Gasteiger partial charge < -0.3 is 14.9 Å². The average molecular weight is 459 g/mol. The summed E-state index contributed by atoms with van der Waals surface area (Å²) in [7, 11) is 0. The minimum absolute atomic E-state index is 0.0221. The monoisotopic (exact) mass is 459 g/mol. The van der Waals surface area contributed by atoms with E-state index in [2.05, 4.69) is 10.3 Å². The molecule has 0 bridgehead atoms. The average Bonchev–Trinajstić information content (AvgIpc) is 2.87. The van der Waals surface area contributed by atoms with Gasteiger partial charge in [-0.25, -0.2) is 4.98 Å². The van der Waals surface area contributed by atoms with Crippen molar-refractivity contribution < 1.29 is 18.8 Å². The van der Waals surface area contributed by atoms with Crippen molar-refractivity contribution in [1.82, 2.24) is 15.0 Å². The summed E-state index contributed by atoms with van der Waals surface area (Å²) in [4.78, 5) is 34.4. The van der Waals surface area contributed by atoms with Gasteiger partial charge >= 0.3 is 0 Å². The molecule has 2 heterocycles. The van der Waals surface area contributed by atoms with Gasteiger partial charge in [-0.1, -0.05) is 60.7 Å². The lowest BCUT2D eigenvalue weighted by molar-refractivity contribution is 0.0834. The zero-order valence-electron chi connectivity index (χ0n) is 18.2. The third-order valence-corrected chi connectivity index (χ3v) is 4.93. The standard InChI is InChI=1S/C26H22FN3O4/c27-25-13-21(11-12-28-25)26(32)29-15-22-14-23(31)24(33-17-19-7-3-1-4-8-19)16-30(22)34-18-20-9-5-2-6-10-20/h1-14,16H,15,17-18H2,(H,29,32). The van der Waals surface area contributed by atoms with Gasteiger partial charge in [0.15, 0.2) is 5.75 Å². The fourth-order valence-electron chi connectivity index (χ4n) is 3.17. The van der Waals surface area contributed by atoms with Crippen LogP contribution >= 0.6 is 0 Å². The van der Waals surface area contributed by atoms with Gasteiger partial charge in [0.25, 0.3) is 5.91 Å². The number of pyridine rings is 2. The van der Waals surface area contributed by atoms with Crippen LogP contribution in [-0.4, -0.2) is 15.6 Å². The van der Waals surface area contributed by atoms with Crippen LogP contribution in [0.4, 0.5) is 4.39 Å². The molecule has 4 aromatic rings. The quantitative estimate of drug-likeness (QED) is 0.388. The van der Waals surface area contributed by atoms with Crippen LogP contribution in [0.2, 0.25) is 0 Å². The Morgan fingerprint density at radius 3 is 2.29 bits per heavy atom. The summed E-state index contributed by atoms with van der Waals surface area (Å²) in [5, 5.41) is 2.67. The highest BCUT2D eigenvalue weighted by Crippen LogP contribution is 2.11. The van der Waals surface area contributed by atoms with Crippen LogP contribution in [0.25, 0.3) is 0 Å². The molecular weight excluding hydrogens is 437 g/mol. The Balaban J connectivity index is 1.53. The van der Waals surface area contributed by atoms with Gasteiger partial charge in [0.2, 0.25) is 11.4 Å². The van der Waals surface area contributed by atoms with E-state index in [0.717, 1.165) is 17.2 Å². The SMILES string of the molecule is O=C(NCc1cc(=O)c(OCc2ccccc2)cn1OCc1ccccc1)c1ccnc(F)c1. The first-order valence-electron chi connectivity index (χ1n) is 10.6. The molecule has 2 aromatic heterocycles. The van der Waals surface area contributed by atoms with E-state index in [1.165, 1.54) is 29.3 Å². The number of nitrogens with one attached hydrogen (secondary N) is 1. The molecule has 0 saturated heterocycles. The minimum atomic E-state index is -0.754. The normalized spacial score (nSPS) is 10.5. The number of aromatic nitrogens is 2. The van der Waals surface area contributed by atoms with Crippen molar-refractivity contribution in [1.29, 1.82) is 0 Å². The van der Waals surface area contributed by atoms with Crippen LogP contribution in [0, 0.1) is 5.95 Å². The van der Waals surface area contributed by atoms with E-state index in [1.54, 1.807) is 0 Å². The van der Waals surface area contributed by atoms with Gasteiger partial charge in [0.1, 0.15) is 13.2 Å². The maximum absolute atomic E-state index is 13.3. The maximum atomic E-state index is 13.3. The molecule has 172 valence electrons. The van der Waals surface area contributed by atoms with E-state index in [1.807, 2.05) is 60.7 Å². The van der Waals surface area contributed by atoms with Gasteiger partial charge in [-0.15, -0.1) is 0 Å². The van der Waals surface area contributed by atoms with Crippen LogP contribution < -0.4 is 20.3 Å². The third kappa shape index (κ3) is 6.07. The highest BCUT2D eigenvalue weighted by atomic mass is 19.1. The highest BCUT2D eigenvalue weighted by Gasteiger charge is 2.13. The Morgan fingerprint density at radius 2 is 1.62 bits per heavy atom. The largest absolute Gasteiger partial charge is 0.483 e. The molecule has 0 aliphatic rings. The first-order valence-corrected chi connectivity index (χ1v) is 10.6. The van der Waals surface area contributed by atoms with Crippen molar-refractivity contribution in [3.05, 3.63) is 130 Å². The molecule has 1 amide bonds. The van der Waals surface area contributed by atoms with E-state index in [0.29, 0.717) is 5.69 Å². The second-order valence-electron chi connectivity index (χ2n) is 7.40. The van der Waals surface area contributed by atoms with Gasteiger partial charge in [0, 0.05) is 23.9 Å². The molecule has 34 heavy (non-hydrogen) atoms. The Bertz CT molecular complexity index is 1310. The molecule has 0 aliphatic heterocycles. The van der Waals surface area contributed by atoms with Gasteiger partial charge in [-0.05, 0) is 17.2 Å². The first kappa shape index (κ1) is 22.7. The highest BCUT2D eigenvalue weighted by molar-refractivity contribution is 5.93. The number of hydrogen-bond donors (Lipinski definition) is 1. The number of halogens is 1. The van der Waals surface area contributed by atoms with Crippen molar-refractivity contribution in [2.24, 2.45) is 0 Å². The second kappa shape index (κ2) is 10.9. The number of hydrogen-bond acceptors (Lipinski definition) is 5. The summed E-state index contributed by atoms with van der Waals surface area (Å²) < 4.78 is 20.5. The van der Waals surface area contributed by atoms with E-state index in [-0.39, 0.29) is 36.5 Å². The van der Waals surface area contributed by atoms with Crippen LogP contribution in [0.15, 0.2) is 96.1 Å². The zero-order valence-corrected chi connectivity index (χ0v) is 18.2. The summed E-state index contributed by atoms with van der Waals surface area (Å²) >= 11 is 0. The molecule has 0 fully saturated rings. The third-order valence-electron chi connectivity index (χ3n) is 4.93. The van der Waals surface area contributed by atoms with E-state index >= 15 is 0 Å². The van der Waals surface area contributed by atoms with E-state index in [4.69, 9.17) is 9.57 Å². The molecule has 0 atom stereocenters. The van der Waals surface area contributed by atoms with Gasteiger partial charge in [-0.3, -0.25) is 9.59 Å². The van der Waals surface area contributed by atoms with Crippen molar-refractivity contribution in [3.8, 4) is 5.75 Å². The summed E-state index contributed by atoms with van der Waals surface area (Å²) in [5.74, 6) is -1.15. The van der Waals surface area contributed by atoms with Gasteiger partial charge in [0.05, 0.1) is 18.4 Å². The number of carbonyl (C=O) groups is 1. The van der Waals surface area contributed by atoms with Crippen molar-refractivity contribution in [3.63, 3.8) is 0 Å². The molecule has 1 N–H and O–H groups in total. The summed E-state index contributed by atoms with van der Waals surface area (Å²) in [6.45, 7) is 0.433. The minimum Gasteiger partial charge on any atom is -0.483 e. The summed E-state index contributed by atoms with van der Waals surface area (Å²) in [6, 6.07) is 22.8. The van der Waals surface area contributed by atoms with Crippen LogP contribution in [0.5, 0.6) is 5.75 Å². The van der Waals surface area contributed by atoms with E-state index < -0.39 is 11.9 Å². The fraction of sp³-hybridized carbons (Fsp3) is 0.115. The van der Waals surface area contributed by atoms with Crippen molar-refractivity contribution in [2.45, 2.75) is 19.8 Å². The molecule has 2 aromatic carbocycles. The van der Waals surface area contributed by atoms with E-state index in [9.17, 15) is 14.0 Å². The summed E-state index contributed by atoms with van der Waals surface area (Å²) in [5.41, 5.74) is 2.01. The van der Waals surface area contributed by atoms with Crippen molar-refractivity contribution >= 4 is 5.91 Å². The molecule has 0 saturated carbocycles. The van der Waals surface area contributed by atoms with Crippen LogP contribution in [-0.2, 0) is 19.8 Å². The number of rotatable bonds is 9. The number of benzene rings is 2. The number of carbonyl (C=O) groups excluding carboxylic acids is 1. The zero-order chi connectivity index (χ0) is 23.8. The maximum Gasteiger partial charge on any atom is 0.251 e. The molecule has 0 unspecified atom stereocenters. The molecule has 7 nitrogen and oxygen atoms in total. The Kier molecular flexibility index (Phi) is 7.29. The Hall–Kier alpha value is -4.46. The lowest BCUT2D eigenvalue weighted by Gasteiger charge is -2.17. The van der Waals surface area contributed by atoms with Gasteiger partial charge in [-0.2, -0.15) is 9.12 Å². The fourth-order valence-corrected chi connectivity index (χ4v) is 3.17. The predicted octanol–water partition coefficient (Wildman–Crippen LogP) is 3.52. The Morgan fingerprint density at radius 1 is 0.941 bits per heavy atom. The van der Waals surface area contributed by atoms with Crippen LogP contribution in [0.3, 0.4) is 0 Å². The topological polar surface area (TPSA) is 82.5 Å². The molecule has 4 rings (SSSR count).